The number of amides is 1. The van der Waals surface area contributed by atoms with Crippen LogP contribution in [0.2, 0.25) is 0 Å². The molecule has 1 saturated heterocycles. The van der Waals surface area contributed by atoms with Crippen molar-refractivity contribution in [2.45, 2.75) is 32.7 Å². The van der Waals surface area contributed by atoms with Crippen LogP contribution >= 0.6 is 0 Å². The minimum Gasteiger partial charge on any atom is -0.369 e. The summed E-state index contributed by atoms with van der Waals surface area (Å²) in [5.74, 6) is 0.188. The lowest BCUT2D eigenvalue weighted by atomic mass is 10.2. The van der Waals surface area contributed by atoms with Crippen molar-refractivity contribution in [1.82, 2.24) is 14.7 Å². The maximum Gasteiger partial charge on any atom is 0.247 e. The number of benzene rings is 1. The summed E-state index contributed by atoms with van der Waals surface area (Å²) in [6, 6.07) is 10.2. The summed E-state index contributed by atoms with van der Waals surface area (Å²) in [4.78, 5) is 17.3. The second kappa shape index (κ2) is 7.51. The van der Waals surface area contributed by atoms with E-state index >= 15 is 0 Å². The van der Waals surface area contributed by atoms with Gasteiger partial charge in [0.2, 0.25) is 5.91 Å². The Kier molecular flexibility index (Phi) is 5.18. The largest absolute Gasteiger partial charge is 0.369 e. The first-order valence-corrected chi connectivity index (χ1v) is 8.79. The van der Waals surface area contributed by atoms with Gasteiger partial charge in [-0.05, 0) is 37.5 Å². The topological polar surface area (TPSA) is 41.4 Å². The zero-order valence-electron chi connectivity index (χ0n) is 14.6. The van der Waals surface area contributed by atoms with Gasteiger partial charge in [0.05, 0.1) is 0 Å². The number of aromatic nitrogens is 2. The molecular weight excluding hydrogens is 300 g/mol. The fourth-order valence-electron chi connectivity index (χ4n) is 3.45. The second-order valence-corrected chi connectivity index (χ2v) is 6.36. The van der Waals surface area contributed by atoms with E-state index in [1.807, 2.05) is 24.1 Å². The first-order valence-electron chi connectivity index (χ1n) is 8.79. The molecule has 1 aromatic carbocycles. The molecule has 0 spiro atoms. The molecule has 1 aliphatic rings. The number of rotatable bonds is 4. The number of anilines is 1. The van der Waals surface area contributed by atoms with Crippen molar-refractivity contribution in [3.8, 4) is 0 Å². The zero-order chi connectivity index (χ0) is 16.9. The summed E-state index contributed by atoms with van der Waals surface area (Å²) in [7, 11) is 0. The van der Waals surface area contributed by atoms with Gasteiger partial charge >= 0.3 is 0 Å². The number of hydrogen-bond acceptors (Lipinski definition) is 3. The lowest BCUT2D eigenvalue weighted by molar-refractivity contribution is -0.135. The van der Waals surface area contributed by atoms with E-state index in [0.29, 0.717) is 0 Å². The van der Waals surface area contributed by atoms with Gasteiger partial charge in [0.15, 0.2) is 0 Å². The monoisotopic (exact) mass is 326 g/mol. The molecule has 1 atom stereocenters. The van der Waals surface area contributed by atoms with Crippen molar-refractivity contribution in [3.05, 3.63) is 48.3 Å². The van der Waals surface area contributed by atoms with Crippen LogP contribution in [0.1, 0.15) is 31.4 Å². The van der Waals surface area contributed by atoms with Gasteiger partial charge in [-0.1, -0.05) is 25.1 Å². The molecule has 5 heteroatoms. The minimum absolute atomic E-state index is 0.188. The average Bonchev–Trinajstić information content (AvgIpc) is 3.00. The van der Waals surface area contributed by atoms with Gasteiger partial charge in [0.25, 0.3) is 0 Å². The average molecular weight is 326 g/mol. The van der Waals surface area contributed by atoms with E-state index in [-0.39, 0.29) is 11.9 Å². The summed E-state index contributed by atoms with van der Waals surface area (Å²) in [6.45, 7) is 7.65. The van der Waals surface area contributed by atoms with E-state index in [2.05, 4.69) is 41.2 Å². The zero-order valence-corrected chi connectivity index (χ0v) is 14.6. The van der Waals surface area contributed by atoms with Crippen LogP contribution in [0.5, 0.6) is 0 Å². The Bertz CT molecular complexity index is 668. The molecule has 0 aliphatic carbocycles. The number of para-hydroxylation sites is 1. The normalized spacial score (nSPS) is 16.8. The molecule has 2 aromatic rings. The minimum atomic E-state index is -0.190. The van der Waals surface area contributed by atoms with Crippen molar-refractivity contribution in [2.24, 2.45) is 0 Å². The molecular formula is C19H26N4O. The van der Waals surface area contributed by atoms with Crippen LogP contribution < -0.4 is 4.90 Å². The quantitative estimate of drug-likeness (QED) is 0.867. The maximum atomic E-state index is 12.9. The Morgan fingerprint density at radius 2 is 2.00 bits per heavy atom. The highest BCUT2D eigenvalue weighted by Gasteiger charge is 2.26. The van der Waals surface area contributed by atoms with E-state index in [0.717, 1.165) is 39.0 Å². The Hall–Kier alpha value is -2.30. The van der Waals surface area contributed by atoms with Crippen LogP contribution in [0.15, 0.2) is 42.7 Å². The highest BCUT2D eigenvalue weighted by molar-refractivity contribution is 5.80. The third-order valence-electron chi connectivity index (χ3n) is 4.78. The number of aryl methyl sites for hydroxylation is 1. The predicted octanol–water partition coefficient (Wildman–Crippen LogP) is 2.88. The lowest BCUT2D eigenvalue weighted by Gasteiger charge is -2.27. The molecule has 0 radical (unpaired) electrons. The summed E-state index contributed by atoms with van der Waals surface area (Å²) >= 11 is 0. The van der Waals surface area contributed by atoms with E-state index in [4.69, 9.17) is 0 Å². The van der Waals surface area contributed by atoms with Gasteiger partial charge < -0.3 is 9.80 Å². The van der Waals surface area contributed by atoms with Gasteiger partial charge in [-0.15, -0.1) is 0 Å². The molecule has 128 valence electrons. The van der Waals surface area contributed by atoms with Crippen molar-refractivity contribution in [2.75, 3.05) is 31.1 Å². The van der Waals surface area contributed by atoms with Gasteiger partial charge in [0.1, 0.15) is 6.04 Å². The number of nitrogens with zero attached hydrogens (tertiary/aromatic N) is 4. The fourth-order valence-corrected chi connectivity index (χ4v) is 3.45. The number of carbonyl (C=O) groups is 1. The van der Waals surface area contributed by atoms with Crippen LogP contribution in [0.4, 0.5) is 5.69 Å². The van der Waals surface area contributed by atoms with E-state index in [1.165, 1.54) is 11.3 Å². The Labute approximate surface area is 143 Å². The molecule has 1 unspecified atom stereocenters. The summed E-state index contributed by atoms with van der Waals surface area (Å²) in [5, 5.41) is 4.26. The molecule has 0 N–H and O–H groups in total. The van der Waals surface area contributed by atoms with E-state index in [9.17, 15) is 4.79 Å². The Balaban J connectivity index is 1.69. The van der Waals surface area contributed by atoms with Crippen molar-refractivity contribution in [3.63, 3.8) is 0 Å². The van der Waals surface area contributed by atoms with Gasteiger partial charge in [-0.3, -0.25) is 9.48 Å². The second-order valence-electron chi connectivity index (χ2n) is 6.36. The van der Waals surface area contributed by atoms with Crippen LogP contribution in [-0.2, 0) is 4.79 Å². The van der Waals surface area contributed by atoms with Crippen LogP contribution in [0.25, 0.3) is 0 Å². The first-order chi connectivity index (χ1) is 11.7. The molecule has 1 fully saturated rings. The van der Waals surface area contributed by atoms with E-state index < -0.39 is 0 Å². The van der Waals surface area contributed by atoms with Gasteiger partial charge in [0, 0.05) is 44.3 Å². The molecule has 3 rings (SSSR count). The molecule has 2 heterocycles. The Morgan fingerprint density at radius 3 is 2.71 bits per heavy atom. The SMILES string of the molecule is CCC(C(=O)N1CCCN(c2ccccc2C)CC1)n1cccn1. The first kappa shape index (κ1) is 16.6. The fraction of sp³-hybridized carbons (Fsp3) is 0.474. The lowest BCUT2D eigenvalue weighted by Crippen LogP contribution is -2.40. The molecule has 1 aliphatic heterocycles. The Morgan fingerprint density at radius 1 is 1.17 bits per heavy atom. The number of hydrogen-bond donors (Lipinski definition) is 0. The molecule has 24 heavy (non-hydrogen) atoms. The third kappa shape index (κ3) is 3.45. The predicted molar refractivity (Wildman–Crippen MR) is 96.1 cm³/mol. The van der Waals surface area contributed by atoms with Crippen LogP contribution in [0, 0.1) is 6.92 Å². The smallest absolute Gasteiger partial charge is 0.247 e. The van der Waals surface area contributed by atoms with Gasteiger partial charge in [-0.2, -0.15) is 5.10 Å². The molecule has 1 amide bonds. The molecule has 0 bridgehead atoms. The highest BCUT2D eigenvalue weighted by atomic mass is 16.2. The van der Waals surface area contributed by atoms with Crippen molar-refractivity contribution >= 4 is 11.6 Å². The standard InChI is InChI=1S/C19H26N4O/c1-3-17(23-13-6-10-20-23)19(24)22-12-7-11-21(14-15-22)18-9-5-4-8-16(18)2/h4-6,8-10,13,17H,3,7,11-12,14-15H2,1-2H3. The van der Waals surface area contributed by atoms with Crippen LogP contribution in [-0.4, -0.2) is 46.8 Å². The maximum absolute atomic E-state index is 12.9. The molecule has 5 nitrogen and oxygen atoms in total. The summed E-state index contributed by atoms with van der Waals surface area (Å²) in [5.41, 5.74) is 2.58. The van der Waals surface area contributed by atoms with Crippen molar-refractivity contribution in [1.29, 1.82) is 0 Å². The highest BCUT2D eigenvalue weighted by Crippen LogP contribution is 2.22. The van der Waals surface area contributed by atoms with E-state index in [1.54, 1.807) is 10.9 Å². The van der Waals surface area contributed by atoms with Crippen molar-refractivity contribution < 1.29 is 4.79 Å². The third-order valence-corrected chi connectivity index (χ3v) is 4.78. The van der Waals surface area contributed by atoms with Crippen LogP contribution in [0.3, 0.4) is 0 Å². The summed E-state index contributed by atoms with van der Waals surface area (Å²) < 4.78 is 1.78. The molecule has 0 saturated carbocycles. The van der Waals surface area contributed by atoms with Gasteiger partial charge in [-0.25, -0.2) is 0 Å². The summed E-state index contributed by atoms with van der Waals surface area (Å²) in [6.07, 6.45) is 5.37. The number of carbonyl (C=O) groups excluding carboxylic acids is 1. The molecule has 1 aromatic heterocycles.